The van der Waals surface area contributed by atoms with Gasteiger partial charge in [-0.3, -0.25) is 4.79 Å². The van der Waals surface area contributed by atoms with Crippen LogP contribution in [-0.2, 0) is 22.5 Å². The third-order valence-corrected chi connectivity index (χ3v) is 4.38. The second kappa shape index (κ2) is 9.31. The van der Waals surface area contributed by atoms with E-state index in [0.717, 1.165) is 13.0 Å². The minimum Gasteiger partial charge on any atom is -0.383 e. The number of fused-ring (bicyclic) bond motifs is 1. The van der Waals surface area contributed by atoms with E-state index >= 15 is 0 Å². The number of carbonyl (C=O) groups excluding carboxylic acids is 1. The average Bonchev–Trinajstić information content (AvgIpc) is 2.92. The van der Waals surface area contributed by atoms with Gasteiger partial charge in [0.1, 0.15) is 6.54 Å². The maximum absolute atomic E-state index is 12.2. The minimum absolute atomic E-state index is 0. The number of thiophene rings is 1. The third kappa shape index (κ3) is 5.40. The number of guanidine groups is 1. The Balaban J connectivity index is 0.00000242. The average molecular weight is 438 g/mol. The highest BCUT2D eigenvalue weighted by molar-refractivity contribution is 14.0. The van der Waals surface area contributed by atoms with Gasteiger partial charge in [-0.2, -0.15) is 0 Å². The largest absolute Gasteiger partial charge is 0.383 e. The molecule has 1 aliphatic rings. The van der Waals surface area contributed by atoms with Gasteiger partial charge in [0, 0.05) is 31.1 Å². The molecule has 1 aliphatic heterocycles. The second-order valence-corrected chi connectivity index (χ2v) is 6.14. The molecule has 0 saturated carbocycles. The molecule has 0 aliphatic carbocycles. The van der Waals surface area contributed by atoms with Gasteiger partial charge in [-0.25, -0.2) is 4.99 Å². The zero-order chi connectivity index (χ0) is 15.2. The number of amides is 1. The molecule has 22 heavy (non-hydrogen) atoms. The predicted molar refractivity (Wildman–Crippen MR) is 99.8 cm³/mol. The van der Waals surface area contributed by atoms with Crippen LogP contribution in [0.15, 0.2) is 16.4 Å². The molecular weight excluding hydrogens is 415 g/mol. The number of nitrogens with one attached hydrogen (secondary N) is 1. The summed E-state index contributed by atoms with van der Waals surface area (Å²) in [5.41, 5.74) is 7.01. The van der Waals surface area contributed by atoms with E-state index in [9.17, 15) is 4.79 Å². The van der Waals surface area contributed by atoms with Crippen LogP contribution in [0, 0.1) is 0 Å². The van der Waals surface area contributed by atoms with Crippen LogP contribution in [-0.4, -0.2) is 49.6 Å². The van der Waals surface area contributed by atoms with E-state index in [1.807, 2.05) is 11.8 Å². The summed E-state index contributed by atoms with van der Waals surface area (Å²) < 4.78 is 5.00. The summed E-state index contributed by atoms with van der Waals surface area (Å²) >= 11 is 1.76. The SMILES string of the molecule is COCC(C)NC(N)=NCC(=O)N1CCc2sccc2C1.I. The maximum atomic E-state index is 12.2. The Morgan fingerprint density at radius 3 is 3.14 bits per heavy atom. The molecule has 0 bridgehead atoms. The van der Waals surface area contributed by atoms with E-state index < -0.39 is 0 Å². The fraction of sp³-hybridized carbons (Fsp3) is 0.571. The lowest BCUT2D eigenvalue weighted by Crippen LogP contribution is -2.42. The molecule has 1 amide bonds. The number of carbonyl (C=O) groups is 1. The number of rotatable bonds is 5. The monoisotopic (exact) mass is 438 g/mol. The van der Waals surface area contributed by atoms with Gasteiger partial charge in [0.15, 0.2) is 5.96 Å². The number of methoxy groups -OCH3 is 1. The topological polar surface area (TPSA) is 80.0 Å². The van der Waals surface area contributed by atoms with E-state index in [0.29, 0.717) is 13.2 Å². The molecule has 0 spiro atoms. The highest BCUT2D eigenvalue weighted by atomic mass is 127. The predicted octanol–water partition coefficient (Wildman–Crippen LogP) is 1.19. The van der Waals surface area contributed by atoms with Crippen molar-refractivity contribution >= 4 is 47.2 Å². The fourth-order valence-electron chi connectivity index (χ4n) is 2.30. The summed E-state index contributed by atoms with van der Waals surface area (Å²) in [6.45, 7) is 4.00. The third-order valence-electron chi connectivity index (χ3n) is 3.36. The van der Waals surface area contributed by atoms with Crippen molar-refractivity contribution in [3.8, 4) is 0 Å². The molecule has 2 rings (SSSR count). The van der Waals surface area contributed by atoms with Crippen LogP contribution in [0.1, 0.15) is 17.4 Å². The van der Waals surface area contributed by atoms with Crippen LogP contribution in [0.2, 0.25) is 0 Å². The zero-order valence-corrected chi connectivity index (χ0v) is 16.0. The van der Waals surface area contributed by atoms with E-state index in [1.54, 1.807) is 18.4 Å². The Morgan fingerprint density at radius 1 is 1.64 bits per heavy atom. The molecule has 1 aromatic rings. The van der Waals surface area contributed by atoms with E-state index in [1.165, 1.54) is 10.4 Å². The van der Waals surface area contributed by atoms with E-state index in [2.05, 4.69) is 21.8 Å². The fourth-order valence-corrected chi connectivity index (χ4v) is 3.19. The van der Waals surface area contributed by atoms with E-state index in [-0.39, 0.29) is 48.4 Å². The van der Waals surface area contributed by atoms with Crippen LogP contribution in [0.3, 0.4) is 0 Å². The van der Waals surface area contributed by atoms with Crippen molar-refractivity contribution in [3.63, 3.8) is 0 Å². The molecule has 0 saturated heterocycles. The number of nitrogens with zero attached hydrogens (tertiary/aromatic N) is 2. The quantitative estimate of drug-likeness (QED) is 0.411. The molecule has 0 radical (unpaired) electrons. The first-order chi connectivity index (χ1) is 10.1. The standard InChI is InChI=1S/C14H22N4O2S.HI/c1-10(9-20-2)17-14(15)16-7-13(19)18-5-3-12-11(8-18)4-6-21-12;/h4,6,10H,3,5,7-9H2,1-2H3,(H3,15,16,17);1H. The molecule has 1 aromatic heterocycles. The molecule has 0 fully saturated rings. The van der Waals surface area contributed by atoms with Gasteiger partial charge in [0.25, 0.3) is 0 Å². The lowest BCUT2D eigenvalue weighted by atomic mass is 10.1. The lowest BCUT2D eigenvalue weighted by molar-refractivity contribution is -0.130. The summed E-state index contributed by atoms with van der Waals surface area (Å²) in [4.78, 5) is 19.5. The van der Waals surface area contributed by atoms with Gasteiger partial charge in [0.2, 0.25) is 5.91 Å². The first-order valence-corrected chi connectivity index (χ1v) is 7.86. The summed E-state index contributed by atoms with van der Waals surface area (Å²) in [6.07, 6.45) is 0.932. The molecule has 1 atom stereocenters. The van der Waals surface area contributed by atoms with Crippen molar-refractivity contribution in [2.75, 3.05) is 26.8 Å². The summed E-state index contributed by atoms with van der Waals surface area (Å²) in [5.74, 6) is 0.289. The van der Waals surface area contributed by atoms with Crippen molar-refractivity contribution in [2.45, 2.75) is 25.9 Å². The van der Waals surface area contributed by atoms with Crippen LogP contribution in [0.25, 0.3) is 0 Å². The maximum Gasteiger partial charge on any atom is 0.244 e. The van der Waals surface area contributed by atoms with Crippen molar-refractivity contribution < 1.29 is 9.53 Å². The van der Waals surface area contributed by atoms with Crippen LogP contribution >= 0.6 is 35.3 Å². The molecule has 3 N–H and O–H groups in total. The molecular formula is C14H23IN4O2S. The highest BCUT2D eigenvalue weighted by Crippen LogP contribution is 2.23. The second-order valence-electron chi connectivity index (χ2n) is 5.14. The smallest absolute Gasteiger partial charge is 0.244 e. The van der Waals surface area contributed by atoms with Crippen molar-refractivity contribution in [3.05, 3.63) is 21.9 Å². The van der Waals surface area contributed by atoms with Crippen molar-refractivity contribution in [2.24, 2.45) is 10.7 Å². The number of halogens is 1. The Bertz CT molecular complexity index is 521. The Labute approximate surface area is 152 Å². The summed E-state index contributed by atoms with van der Waals surface area (Å²) in [5, 5.41) is 5.06. The lowest BCUT2D eigenvalue weighted by Gasteiger charge is -2.26. The highest BCUT2D eigenvalue weighted by Gasteiger charge is 2.21. The number of hydrogen-bond acceptors (Lipinski definition) is 4. The van der Waals surface area contributed by atoms with Crippen molar-refractivity contribution in [1.82, 2.24) is 10.2 Å². The van der Waals surface area contributed by atoms with Gasteiger partial charge >= 0.3 is 0 Å². The van der Waals surface area contributed by atoms with Gasteiger partial charge in [-0.05, 0) is 30.4 Å². The number of ether oxygens (including phenoxy) is 1. The Morgan fingerprint density at radius 2 is 2.41 bits per heavy atom. The van der Waals surface area contributed by atoms with Crippen LogP contribution < -0.4 is 11.1 Å². The number of hydrogen-bond donors (Lipinski definition) is 2. The van der Waals surface area contributed by atoms with Gasteiger partial charge in [0.05, 0.1) is 6.61 Å². The molecule has 2 heterocycles. The first kappa shape index (κ1) is 19.2. The zero-order valence-electron chi connectivity index (χ0n) is 12.9. The molecule has 8 heteroatoms. The Hall–Kier alpha value is -0.870. The number of nitrogens with two attached hydrogens (primary N) is 1. The van der Waals surface area contributed by atoms with Gasteiger partial charge in [-0.1, -0.05) is 0 Å². The van der Waals surface area contributed by atoms with Gasteiger partial charge in [-0.15, -0.1) is 35.3 Å². The van der Waals surface area contributed by atoms with Crippen molar-refractivity contribution in [1.29, 1.82) is 0 Å². The molecule has 124 valence electrons. The normalized spacial score (nSPS) is 15.7. The Kier molecular flexibility index (Phi) is 8.12. The minimum atomic E-state index is 0. The summed E-state index contributed by atoms with van der Waals surface area (Å²) in [7, 11) is 1.63. The molecule has 0 aromatic carbocycles. The van der Waals surface area contributed by atoms with Crippen LogP contribution in [0.4, 0.5) is 0 Å². The number of aliphatic imine (C=N–C) groups is 1. The molecule has 1 unspecified atom stereocenters. The van der Waals surface area contributed by atoms with Gasteiger partial charge < -0.3 is 20.7 Å². The molecule has 6 nitrogen and oxygen atoms in total. The van der Waals surface area contributed by atoms with E-state index in [4.69, 9.17) is 10.5 Å². The summed E-state index contributed by atoms with van der Waals surface area (Å²) in [6, 6.07) is 2.16. The first-order valence-electron chi connectivity index (χ1n) is 6.98. The van der Waals surface area contributed by atoms with Crippen LogP contribution in [0.5, 0.6) is 0 Å².